The largest absolute Gasteiger partial charge is 0.335 e. The first kappa shape index (κ1) is 19.0. The molecule has 0 aliphatic carbocycles. The SMILES string of the molecule is O=C(c1cccs1)N1CCN(CCCS(=O)(=O)c2ccc(F)cc2)CC1. The molecule has 1 fully saturated rings. The minimum atomic E-state index is -3.39. The number of halogens is 1. The number of hydrogen-bond donors (Lipinski definition) is 0. The van der Waals surface area contributed by atoms with Gasteiger partial charge in [-0.3, -0.25) is 9.69 Å². The molecule has 1 aliphatic rings. The van der Waals surface area contributed by atoms with Crippen molar-refractivity contribution >= 4 is 27.1 Å². The lowest BCUT2D eigenvalue weighted by Crippen LogP contribution is -2.48. The maximum atomic E-state index is 12.9. The van der Waals surface area contributed by atoms with Crippen molar-refractivity contribution in [2.24, 2.45) is 0 Å². The van der Waals surface area contributed by atoms with E-state index in [1.165, 1.54) is 23.5 Å². The second-order valence-corrected chi connectivity index (χ2v) is 9.29. The lowest BCUT2D eigenvalue weighted by atomic mass is 10.3. The fourth-order valence-electron chi connectivity index (χ4n) is 2.97. The Balaban J connectivity index is 1.44. The van der Waals surface area contributed by atoms with E-state index in [9.17, 15) is 17.6 Å². The van der Waals surface area contributed by atoms with E-state index in [0.717, 1.165) is 30.1 Å². The second-order valence-electron chi connectivity index (χ2n) is 6.24. The number of carbonyl (C=O) groups excluding carboxylic acids is 1. The van der Waals surface area contributed by atoms with E-state index in [-0.39, 0.29) is 16.6 Å². The first-order chi connectivity index (χ1) is 12.5. The highest BCUT2D eigenvalue weighted by Crippen LogP contribution is 2.15. The number of benzene rings is 1. The highest BCUT2D eigenvalue weighted by molar-refractivity contribution is 7.91. The zero-order chi connectivity index (χ0) is 18.6. The summed E-state index contributed by atoms with van der Waals surface area (Å²) in [6.07, 6.45) is 0.512. The standard InChI is InChI=1S/C18H21FN2O3S2/c19-15-4-6-16(7-5-15)26(23,24)14-2-8-20-9-11-21(12-10-20)18(22)17-3-1-13-25-17/h1,3-7,13H,2,8-12,14H2. The number of sulfone groups is 1. The quantitative estimate of drug-likeness (QED) is 0.704. The smallest absolute Gasteiger partial charge is 0.264 e. The Morgan fingerprint density at radius 3 is 2.38 bits per heavy atom. The van der Waals surface area contributed by atoms with E-state index in [4.69, 9.17) is 0 Å². The molecule has 140 valence electrons. The molecule has 1 amide bonds. The monoisotopic (exact) mass is 396 g/mol. The molecule has 2 heterocycles. The number of rotatable bonds is 6. The molecule has 2 aromatic rings. The number of amides is 1. The van der Waals surface area contributed by atoms with Crippen LogP contribution in [0.5, 0.6) is 0 Å². The third-order valence-electron chi connectivity index (χ3n) is 4.45. The van der Waals surface area contributed by atoms with Gasteiger partial charge >= 0.3 is 0 Å². The van der Waals surface area contributed by atoms with Crippen LogP contribution in [0.15, 0.2) is 46.7 Å². The summed E-state index contributed by atoms with van der Waals surface area (Å²) >= 11 is 1.45. The zero-order valence-corrected chi connectivity index (χ0v) is 15.9. The van der Waals surface area contributed by atoms with Crippen molar-refractivity contribution in [3.05, 3.63) is 52.5 Å². The van der Waals surface area contributed by atoms with Crippen LogP contribution in [0.4, 0.5) is 4.39 Å². The topological polar surface area (TPSA) is 57.7 Å². The summed E-state index contributed by atoms with van der Waals surface area (Å²) in [5.41, 5.74) is 0. The maximum absolute atomic E-state index is 12.9. The molecule has 26 heavy (non-hydrogen) atoms. The van der Waals surface area contributed by atoms with Crippen LogP contribution in [-0.2, 0) is 9.84 Å². The van der Waals surface area contributed by atoms with E-state index in [2.05, 4.69) is 4.90 Å². The molecule has 0 unspecified atom stereocenters. The molecule has 5 nitrogen and oxygen atoms in total. The van der Waals surface area contributed by atoms with Gasteiger partial charge in [0.15, 0.2) is 9.84 Å². The van der Waals surface area contributed by atoms with Crippen molar-refractivity contribution in [3.8, 4) is 0 Å². The van der Waals surface area contributed by atoms with Crippen LogP contribution >= 0.6 is 11.3 Å². The molecular weight excluding hydrogens is 375 g/mol. The summed E-state index contributed by atoms with van der Waals surface area (Å²) in [5.74, 6) is -0.343. The summed E-state index contributed by atoms with van der Waals surface area (Å²) in [4.78, 5) is 17.2. The van der Waals surface area contributed by atoms with E-state index in [1.807, 2.05) is 22.4 Å². The number of carbonyl (C=O) groups is 1. The minimum Gasteiger partial charge on any atom is -0.335 e. The highest BCUT2D eigenvalue weighted by atomic mass is 32.2. The molecule has 0 N–H and O–H groups in total. The number of hydrogen-bond acceptors (Lipinski definition) is 5. The molecule has 1 aromatic carbocycles. The fourth-order valence-corrected chi connectivity index (χ4v) is 4.96. The van der Waals surface area contributed by atoms with E-state index in [1.54, 1.807) is 0 Å². The van der Waals surface area contributed by atoms with Gasteiger partial charge in [-0.2, -0.15) is 0 Å². The van der Waals surface area contributed by atoms with Crippen molar-refractivity contribution < 1.29 is 17.6 Å². The molecule has 0 radical (unpaired) electrons. The molecule has 3 rings (SSSR count). The van der Waals surface area contributed by atoms with Gasteiger partial charge in [-0.15, -0.1) is 11.3 Å². The Hall–Kier alpha value is -1.77. The average Bonchev–Trinajstić information content (AvgIpc) is 3.17. The van der Waals surface area contributed by atoms with E-state index >= 15 is 0 Å². The third kappa shape index (κ3) is 4.69. The molecule has 1 saturated heterocycles. The van der Waals surface area contributed by atoms with E-state index in [0.29, 0.717) is 26.1 Å². The van der Waals surface area contributed by atoms with Crippen molar-refractivity contribution in [3.63, 3.8) is 0 Å². The van der Waals surface area contributed by atoms with Gasteiger partial charge in [-0.1, -0.05) is 6.07 Å². The zero-order valence-electron chi connectivity index (χ0n) is 14.3. The number of thiophene rings is 1. The van der Waals surface area contributed by atoms with Gasteiger partial charge in [0.25, 0.3) is 5.91 Å². The first-order valence-corrected chi connectivity index (χ1v) is 11.0. The van der Waals surface area contributed by atoms with Crippen LogP contribution in [0.25, 0.3) is 0 Å². The summed E-state index contributed by atoms with van der Waals surface area (Å²) in [7, 11) is -3.39. The Morgan fingerprint density at radius 1 is 1.08 bits per heavy atom. The molecule has 0 bridgehead atoms. The molecular formula is C18H21FN2O3S2. The van der Waals surface area contributed by atoms with Gasteiger partial charge in [0.2, 0.25) is 0 Å². The van der Waals surface area contributed by atoms with Crippen LogP contribution in [0.2, 0.25) is 0 Å². The summed E-state index contributed by atoms with van der Waals surface area (Å²) in [6.45, 7) is 3.46. The molecule has 1 aromatic heterocycles. The summed E-state index contributed by atoms with van der Waals surface area (Å²) < 4.78 is 37.4. The predicted octanol–water partition coefficient (Wildman–Crippen LogP) is 2.51. The van der Waals surface area contributed by atoms with Crippen LogP contribution in [-0.4, -0.2) is 62.6 Å². The van der Waals surface area contributed by atoms with Crippen molar-refractivity contribution in [2.75, 3.05) is 38.5 Å². The van der Waals surface area contributed by atoms with Crippen molar-refractivity contribution in [1.29, 1.82) is 0 Å². The lowest BCUT2D eigenvalue weighted by Gasteiger charge is -2.34. The normalized spacial score (nSPS) is 16.0. The first-order valence-electron chi connectivity index (χ1n) is 8.49. The number of nitrogens with zero attached hydrogens (tertiary/aromatic N) is 2. The van der Waals surface area contributed by atoms with Crippen LogP contribution in [0.1, 0.15) is 16.1 Å². The Kier molecular flexibility index (Phi) is 6.05. The van der Waals surface area contributed by atoms with Crippen LogP contribution in [0, 0.1) is 5.82 Å². The molecule has 8 heteroatoms. The van der Waals surface area contributed by atoms with Crippen LogP contribution < -0.4 is 0 Å². The Bertz CT molecular complexity index is 828. The van der Waals surface area contributed by atoms with Crippen molar-refractivity contribution in [2.45, 2.75) is 11.3 Å². The van der Waals surface area contributed by atoms with Gasteiger partial charge in [0.1, 0.15) is 5.82 Å². The van der Waals surface area contributed by atoms with Gasteiger partial charge in [0, 0.05) is 26.2 Å². The lowest BCUT2D eigenvalue weighted by molar-refractivity contribution is 0.0642. The molecule has 0 atom stereocenters. The van der Waals surface area contributed by atoms with Gasteiger partial charge in [-0.05, 0) is 48.7 Å². The second kappa shape index (κ2) is 8.28. The van der Waals surface area contributed by atoms with Crippen LogP contribution in [0.3, 0.4) is 0 Å². The molecule has 1 aliphatic heterocycles. The average molecular weight is 397 g/mol. The molecule has 0 spiro atoms. The third-order valence-corrected chi connectivity index (χ3v) is 7.13. The maximum Gasteiger partial charge on any atom is 0.264 e. The Morgan fingerprint density at radius 2 is 1.77 bits per heavy atom. The Labute approximate surface area is 157 Å². The van der Waals surface area contributed by atoms with Crippen molar-refractivity contribution in [1.82, 2.24) is 9.80 Å². The minimum absolute atomic E-state index is 0.0347. The summed E-state index contributed by atoms with van der Waals surface area (Å²) in [6, 6.07) is 8.64. The number of piperazine rings is 1. The molecule has 0 saturated carbocycles. The fraction of sp³-hybridized carbons (Fsp3) is 0.389. The van der Waals surface area contributed by atoms with Gasteiger partial charge < -0.3 is 4.90 Å². The summed E-state index contributed by atoms with van der Waals surface area (Å²) in [5, 5.41) is 1.89. The van der Waals surface area contributed by atoms with Gasteiger partial charge in [0.05, 0.1) is 15.5 Å². The predicted molar refractivity (Wildman–Crippen MR) is 99.7 cm³/mol. The highest BCUT2D eigenvalue weighted by Gasteiger charge is 2.23. The van der Waals surface area contributed by atoms with E-state index < -0.39 is 15.7 Å². The van der Waals surface area contributed by atoms with Gasteiger partial charge in [-0.25, -0.2) is 12.8 Å².